The van der Waals surface area contributed by atoms with E-state index in [1.165, 1.54) is 13.0 Å². The monoisotopic (exact) mass is 525 g/mol. The van der Waals surface area contributed by atoms with Crippen LogP contribution >= 0.6 is 23.2 Å². The second kappa shape index (κ2) is 13.7. The summed E-state index contributed by atoms with van der Waals surface area (Å²) in [6.45, 7) is 9.87. The number of anilines is 1. The maximum atomic E-state index is 13.1. The van der Waals surface area contributed by atoms with Crippen LogP contribution in [-0.4, -0.2) is 44.2 Å². The molecule has 1 unspecified atom stereocenters. The van der Waals surface area contributed by atoms with Crippen LogP contribution in [0.1, 0.15) is 34.6 Å². The zero-order valence-corrected chi connectivity index (χ0v) is 21.8. The Morgan fingerprint density at radius 2 is 1.51 bits per heavy atom. The minimum absolute atomic E-state index is 0.221. The van der Waals surface area contributed by atoms with E-state index >= 15 is 0 Å². The van der Waals surface area contributed by atoms with Crippen LogP contribution in [0.4, 0.5) is 11.4 Å². The van der Waals surface area contributed by atoms with E-state index < -0.39 is 17.7 Å². The van der Waals surface area contributed by atoms with Gasteiger partial charge in [0.25, 0.3) is 5.91 Å². The maximum Gasteiger partial charge on any atom is 0.258 e. The van der Waals surface area contributed by atoms with Crippen LogP contribution in [0.3, 0.4) is 0 Å². The number of ketones is 1. The highest BCUT2D eigenvalue weighted by Gasteiger charge is 2.26. The van der Waals surface area contributed by atoms with Crippen molar-refractivity contribution in [3.63, 3.8) is 0 Å². The Balaban J connectivity index is 2.42. The number of carbonyl (C=O) groups excluding carboxylic acids is 2. The van der Waals surface area contributed by atoms with Gasteiger partial charge in [0.15, 0.2) is 23.0 Å². The number of azo groups is 1. The summed E-state index contributed by atoms with van der Waals surface area (Å²) in [5.74, 6) is 0.114. The predicted molar refractivity (Wildman–Crippen MR) is 135 cm³/mol. The Bertz CT molecular complexity index is 1080. The second-order valence-electron chi connectivity index (χ2n) is 6.98. The van der Waals surface area contributed by atoms with Gasteiger partial charge < -0.3 is 24.3 Å². The molecule has 0 saturated heterocycles. The van der Waals surface area contributed by atoms with E-state index in [-0.39, 0.29) is 22.1 Å². The van der Waals surface area contributed by atoms with Gasteiger partial charge in [-0.1, -0.05) is 23.2 Å². The lowest BCUT2D eigenvalue weighted by Crippen LogP contribution is -2.32. The first-order chi connectivity index (χ1) is 16.7. The molecule has 11 heteroatoms. The zero-order valence-electron chi connectivity index (χ0n) is 20.3. The molecular formula is C24H29Cl2N3O6. The summed E-state index contributed by atoms with van der Waals surface area (Å²) in [7, 11) is 0. The van der Waals surface area contributed by atoms with E-state index in [2.05, 4.69) is 15.5 Å². The van der Waals surface area contributed by atoms with Crippen LogP contribution < -0.4 is 24.3 Å². The first-order valence-corrected chi connectivity index (χ1v) is 11.9. The summed E-state index contributed by atoms with van der Waals surface area (Å²) in [4.78, 5) is 25.4. The Morgan fingerprint density at radius 3 is 2.11 bits per heavy atom. The molecule has 0 saturated carbocycles. The average molecular weight is 526 g/mol. The van der Waals surface area contributed by atoms with Gasteiger partial charge in [-0.3, -0.25) is 9.59 Å². The van der Waals surface area contributed by atoms with Crippen LogP contribution in [0.15, 0.2) is 34.5 Å². The largest absolute Gasteiger partial charge is 0.494 e. The molecule has 2 aromatic carbocycles. The summed E-state index contributed by atoms with van der Waals surface area (Å²) in [6, 6.07) is 4.78. The van der Waals surface area contributed by atoms with Crippen LogP contribution in [0.5, 0.6) is 23.0 Å². The molecule has 190 valence electrons. The molecule has 35 heavy (non-hydrogen) atoms. The van der Waals surface area contributed by atoms with Crippen molar-refractivity contribution in [2.75, 3.05) is 31.7 Å². The minimum Gasteiger partial charge on any atom is -0.494 e. The molecule has 0 aliphatic heterocycles. The van der Waals surface area contributed by atoms with E-state index in [9.17, 15) is 9.59 Å². The molecule has 2 rings (SSSR count). The Morgan fingerprint density at radius 1 is 0.886 bits per heavy atom. The van der Waals surface area contributed by atoms with Crippen molar-refractivity contribution >= 4 is 46.3 Å². The molecule has 0 heterocycles. The lowest BCUT2D eigenvalue weighted by atomic mass is 10.2. The van der Waals surface area contributed by atoms with Crippen LogP contribution in [0.2, 0.25) is 10.0 Å². The molecule has 0 aliphatic carbocycles. The zero-order chi connectivity index (χ0) is 26.0. The number of benzene rings is 2. The highest BCUT2D eigenvalue weighted by molar-refractivity contribution is 6.32. The van der Waals surface area contributed by atoms with Gasteiger partial charge in [0, 0.05) is 23.2 Å². The fourth-order valence-corrected chi connectivity index (χ4v) is 3.49. The average Bonchev–Trinajstić information content (AvgIpc) is 2.78. The highest BCUT2D eigenvalue weighted by atomic mass is 35.5. The number of rotatable bonds is 13. The fourth-order valence-electron chi connectivity index (χ4n) is 3.02. The van der Waals surface area contributed by atoms with Crippen molar-refractivity contribution in [2.45, 2.75) is 40.7 Å². The van der Waals surface area contributed by atoms with Crippen molar-refractivity contribution in [3.05, 3.63) is 34.3 Å². The van der Waals surface area contributed by atoms with E-state index in [0.717, 1.165) is 0 Å². The normalized spacial score (nSPS) is 11.7. The number of hydrogen-bond donors (Lipinski definition) is 1. The van der Waals surface area contributed by atoms with Crippen molar-refractivity contribution < 1.29 is 28.5 Å². The molecule has 0 aliphatic rings. The standard InChI is InChI=1S/C24H29Cl2N3O6/c1-6-32-16-12-17(26)22(34-8-3)19(13-16)28-29-21(14(5)30)24(31)27-18-10-15(25)11-20(33-7-2)23(18)35-9-4/h10-13,21H,6-9H2,1-5H3,(H,27,31). The quantitative estimate of drug-likeness (QED) is 0.244. The number of nitrogens with one attached hydrogen (secondary N) is 1. The molecule has 1 atom stereocenters. The van der Waals surface area contributed by atoms with Gasteiger partial charge in [-0.15, -0.1) is 0 Å². The lowest BCUT2D eigenvalue weighted by Gasteiger charge is -2.17. The van der Waals surface area contributed by atoms with Crippen molar-refractivity contribution in [3.8, 4) is 23.0 Å². The van der Waals surface area contributed by atoms with E-state index in [1.807, 2.05) is 13.8 Å². The molecule has 0 fully saturated rings. The Kier molecular flexibility index (Phi) is 11.1. The molecule has 0 radical (unpaired) electrons. The lowest BCUT2D eigenvalue weighted by molar-refractivity contribution is -0.126. The van der Waals surface area contributed by atoms with Gasteiger partial charge in [-0.25, -0.2) is 0 Å². The third-order valence-corrected chi connectivity index (χ3v) is 4.88. The number of amides is 1. The molecular weight excluding hydrogens is 497 g/mol. The molecule has 0 bridgehead atoms. The Labute approximate surface area is 214 Å². The molecule has 1 amide bonds. The summed E-state index contributed by atoms with van der Waals surface area (Å²) >= 11 is 12.5. The van der Waals surface area contributed by atoms with E-state index in [0.29, 0.717) is 48.7 Å². The number of carbonyl (C=O) groups is 2. The van der Waals surface area contributed by atoms with Crippen LogP contribution in [-0.2, 0) is 9.59 Å². The third-order valence-electron chi connectivity index (χ3n) is 4.38. The molecule has 0 aromatic heterocycles. The minimum atomic E-state index is -1.46. The molecule has 2 aromatic rings. The number of Topliss-reactive ketones (excluding diaryl/α,β-unsaturated/α-hetero) is 1. The summed E-state index contributed by atoms with van der Waals surface area (Å²) in [5, 5.41) is 11.3. The van der Waals surface area contributed by atoms with Crippen molar-refractivity contribution in [1.82, 2.24) is 0 Å². The van der Waals surface area contributed by atoms with E-state index in [1.54, 1.807) is 32.0 Å². The molecule has 1 N–H and O–H groups in total. The van der Waals surface area contributed by atoms with Gasteiger partial charge >= 0.3 is 0 Å². The third kappa shape index (κ3) is 7.73. The number of halogens is 2. The van der Waals surface area contributed by atoms with Crippen LogP contribution in [0.25, 0.3) is 0 Å². The number of nitrogens with zero attached hydrogens (tertiary/aromatic N) is 2. The molecule has 9 nitrogen and oxygen atoms in total. The first kappa shape index (κ1) is 28.2. The second-order valence-corrected chi connectivity index (χ2v) is 7.83. The van der Waals surface area contributed by atoms with Crippen molar-refractivity contribution in [2.24, 2.45) is 10.2 Å². The summed E-state index contributed by atoms with van der Waals surface area (Å²) in [6.07, 6.45) is 0. The first-order valence-electron chi connectivity index (χ1n) is 11.2. The SMILES string of the molecule is CCOc1cc(Cl)c(OCC)c(N=NC(C(C)=O)C(=O)Nc2cc(Cl)cc(OCC)c2OCC)c1. The molecule has 0 spiro atoms. The van der Waals surface area contributed by atoms with Crippen molar-refractivity contribution in [1.29, 1.82) is 0 Å². The Hall–Kier alpha value is -3.04. The van der Waals surface area contributed by atoms with Gasteiger partial charge in [-0.05, 0) is 40.7 Å². The topological polar surface area (TPSA) is 108 Å². The van der Waals surface area contributed by atoms with Crippen LogP contribution in [0, 0.1) is 0 Å². The van der Waals surface area contributed by atoms with Gasteiger partial charge in [0.05, 0.1) is 37.1 Å². The summed E-state index contributed by atoms with van der Waals surface area (Å²) in [5.41, 5.74) is 0.462. The van der Waals surface area contributed by atoms with Gasteiger partial charge in [0.2, 0.25) is 6.04 Å². The van der Waals surface area contributed by atoms with Gasteiger partial charge in [0.1, 0.15) is 11.4 Å². The number of hydrogen-bond acceptors (Lipinski definition) is 8. The predicted octanol–water partition coefficient (Wildman–Crippen LogP) is 6.27. The highest BCUT2D eigenvalue weighted by Crippen LogP contribution is 2.40. The number of ether oxygens (including phenoxy) is 4. The smallest absolute Gasteiger partial charge is 0.258 e. The summed E-state index contributed by atoms with van der Waals surface area (Å²) < 4.78 is 22.3. The maximum absolute atomic E-state index is 13.1. The fraction of sp³-hybridized carbons (Fsp3) is 0.417. The van der Waals surface area contributed by atoms with E-state index in [4.69, 9.17) is 42.1 Å². The van der Waals surface area contributed by atoms with Gasteiger partial charge in [-0.2, -0.15) is 10.2 Å².